The molecule has 1 aliphatic carbocycles. The Morgan fingerprint density at radius 1 is 0.968 bits per heavy atom. The van der Waals surface area contributed by atoms with Gasteiger partial charge in [-0.25, -0.2) is 9.59 Å². The van der Waals surface area contributed by atoms with E-state index in [4.69, 9.17) is 4.74 Å². The van der Waals surface area contributed by atoms with E-state index in [0.717, 1.165) is 22.3 Å². The normalized spacial score (nSPS) is 12.8. The van der Waals surface area contributed by atoms with Gasteiger partial charge in [0.05, 0.1) is 6.42 Å². The Morgan fingerprint density at radius 2 is 1.55 bits per heavy atom. The van der Waals surface area contributed by atoms with Crippen molar-refractivity contribution in [2.24, 2.45) is 0 Å². The number of aliphatic carboxylic acids is 1. The molecule has 1 unspecified atom stereocenters. The minimum absolute atomic E-state index is 0.0187. The highest BCUT2D eigenvalue weighted by Crippen LogP contribution is 2.44. The predicted molar refractivity (Wildman–Crippen MR) is 109 cm³/mol. The van der Waals surface area contributed by atoms with E-state index in [2.05, 4.69) is 15.4 Å². The number of rotatable bonds is 8. The molecule has 9 nitrogen and oxygen atoms in total. The van der Waals surface area contributed by atoms with Gasteiger partial charge in [0.1, 0.15) is 12.6 Å². The fraction of sp³-hybridized carbons (Fsp3) is 0.273. The quantitative estimate of drug-likeness (QED) is 0.435. The molecule has 3 N–H and O–H groups in total. The maximum Gasteiger partial charge on any atom is 0.407 e. The molecular weight excluding hydrogens is 404 g/mol. The van der Waals surface area contributed by atoms with Gasteiger partial charge in [-0.2, -0.15) is 0 Å². The van der Waals surface area contributed by atoms with Crippen molar-refractivity contribution in [1.82, 2.24) is 10.6 Å². The molecule has 0 fully saturated rings. The van der Waals surface area contributed by atoms with Crippen LogP contribution in [-0.2, 0) is 23.9 Å². The minimum atomic E-state index is -1.49. The van der Waals surface area contributed by atoms with Gasteiger partial charge in [-0.05, 0) is 22.3 Å². The number of fused-ring (bicyclic) bond motifs is 3. The summed E-state index contributed by atoms with van der Waals surface area (Å²) < 4.78 is 9.86. The Morgan fingerprint density at radius 3 is 2.10 bits per heavy atom. The van der Waals surface area contributed by atoms with Crippen LogP contribution in [0.3, 0.4) is 0 Å². The number of carboxylic acid groups (broad SMARTS) is 1. The summed E-state index contributed by atoms with van der Waals surface area (Å²) in [7, 11) is 0. The van der Waals surface area contributed by atoms with Crippen molar-refractivity contribution in [3.05, 3.63) is 59.7 Å². The highest BCUT2D eigenvalue weighted by atomic mass is 16.6. The summed E-state index contributed by atoms with van der Waals surface area (Å²) in [6.07, 6.45) is -1.48. The molecule has 0 heterocycles. The molecule has 1 atom stereocenters. The summed E-state index contributed by atoms with van der Waals surface area (Å²) in [5.74, 6) is -2.86. The number of hydrogen-bond donors (Lipinski definition) is 3. The topological polar surface area (TPSA) is 131 Å². The van der Waals surface area contributed by atoms with Gasteiger partial charge in [-0.15, -0.1) is 0 Å². The van der Waals surface area contributed by atoms with Crippen molar-refractivity contribution < 1.29 is 33.8 Å². The van der Waals surface area contributed by atoms with E-state index in [1.165, 1.54) is 6.92 Å². The third kappa shape index (κ3) is 5.39. The fourth-order valence-corrected chi connectivity index (χ4v) is 3.46. The van der Waals surface area contributed by atoms with Crippen molar-refractivity contribution in [2.45, 2.75) is 25.3 Å². The van der Waals surface area contributed by atoms with Crippen LogP contribution in [0.15, 0.2) is 48.5 Å². The SMILES string of the molecule is CC(=O)OCNC(=O)CC(NC(=O)OCC1c2ccccc2-c2ccccc21)C(=O)O. The molecule has 2 aromatic rings. The van der Waals surface area contributed by atoms with Gasteiger partial charge in [0.2, 0.25) is 5.91 Å². The van der Waals surface area contributed by atoms with Crippen LogP contribution in [-0.4, -0.2) is 48.4 Å². The van der Waals surface area contributed by atoms with Gasteiger partial charge in [-0.3, -0.25) is 9.59 Å². The molecule has 0 bridgehead atoms. The van der Waals surface area contributed by atoms with E-state index in [0.29, 0.717) is 0 Å². The first-order valence-electron chi connectivity index (χ1n) is 9.61. The van der Waals surface area contributed by atoms with Gasteiger partial charge in [0.25, 0.3) is 0 Å². The lowest BCUT2D eigenvalue weighted by Gasteiger charge is -2.17. The second kappa shape index (κ2) is 9.75. The van der Waals surface area contributed by atoms with E-state index in [9.17, 15) is 24.3 Å². The summed E-state index contributed by atoms with van der Waals surface area (Å²) in [4.78, 5) is 46.1. The number of esters is 1. The molecule has 3 rings (SSSR count). The molecule has 0 saturated carbocycles. The van der Waals surface area contributed by atoms with Gasteiger partial charge < -0.3 is 25.2 Å². The van der Waals surface area contributed by atoms with Gasteiger partial charge in [-0.1, -0.05) is 48.5 Å². The van der Waals surface area contributed by atoms with Crippen LogP contribution < -0.4 is 10.6 Å². The van der Waals surface area contributed by atoms with E-state index in [1.54, 1.807) is 0 Å². The Bertz CT molecular complexity index is 959. The van der Waals surface area contributed by atoms with E-state index < -0.39 is 36.4 Å². The summed E-state index contributed by atoms with van der Waals surface area (Å²) in [6.45, 7) is 0.807. The van der Waals surface area contributed by atoms with Crippen LogP contribution in [0.25, 0.3) is 11.1 Å². The number of nitrogens with one attached hydrogen (secondary N) is 2. The Hall–Kier alpha value is -3.88. The highest BCUT2D eigenvalue weighted by Gasteiger charge is 2.30. The number of carbonyl (C=O) groups excluding carboxylic acids is 3. The molecule has 9 heteroatoms. The lowest BCUT2D eigenvalue weighted by atomic mass is 9.98. The highest BCUT2D eigenvalue weighted by molar-refractivity contribution is 5.87. The smallest absolute Gasteiger partial charge is 0.407 e. The first kappa shape index (κ1) is 21.8. The van der Waals surface area contributed by atoms with Crippen LogP contribution in [0.1, 0.15) is 30.4 Å². The second-order valence-electron chi connectivity index (χ2n) is 6.95. The first-order valence-corrected chi connectivity index (χ1v) is 9.61. The fourth-order valence-electron chi connectivity index (χ4n) is 3.46. The van der Waals surface area contributed by atoms with E-state index >= 15 is 0 Å². The van der Waals surface area contributed by atoms with Crippen LogP contribution >= 0.6 is 0 Å². The monoisotopic (exact) mass is 426 g/mol. The van der Waals surface area contributed by atoms with Crippen LogP contribution in [0, 0.1) is 0 Å². The number of amides is 2. The number of carbonyl (C=O) groups is 4. The Balaban J connectivity index is 1.58. The van der Waals surface area contributed by atoms with Crippen LogP contribution in [0.4, 0.5) is 4.79 Å². The molecule has 31 heavy (non-hydrogen) atoms. The maximum absolute atomic E-state index is 12.2. The van der Waals surface area contributed by atoms with E-state index in [1.807, 2.05) is 48.5 Å². The second-order valence-corrected chi connectivity index (χ2v) is 6.95. The minimum Gasteiger partial charge on any atom is -0.480 e. The zero-order valence-corrected chi connectivity index (χ0v) is 16.8. The number of benzene rings is 2. The van der Waals surface area contributed by atoms with Crippen molar-refractivity contribution in [3.8, 4) is 11.1 Å². The zero-order chi connectivity index (χ0) is 22.4. The predicted octanol–water partition coefficient (Wildman–Crippen LogP) is 2.01. The number of alkyl carbamates (subject to hydrolysis) is 1. The van der Waals surface area contributed by atoms with Crippen molar-refractivity contribution in [3.63, 3.8) is 0 Å². The van der Waals surface area contributed by atoms with Gasteiger partial charge in [0, 0.05) is 12.8 Å². The molecule has 162 valence electrons. The standard InChI is InChI=1S/C22H22N2O7/c1-13(25)31-12-23-20(26)10-19(21(27)28)24-22(29)30-11-18-16-8-4-2-6-14(16)15-7-3-5-9-17(15)18/h2-9,18-19H,10-12H2,1H3,(H,23,26)(H,24,29)(H,27,28). The summed E-state index contributed by atoms with van der Waals surface area (Å²) >= 11 is 0. The Labute approximate surface area is 178 Å². The lowest BCUT2D eigenvalue weighted by molar-refractivity contribution is -0.144. The lowest BCUT2D eigenvalue weighted by Crippen LogP contribution is -2.44. The molecule has 0 aliphatic heterocycles. The van der Waals surface area contributed by atoms with Crippen molar-refractivity contribution in [1.29, 1.82) is 0 Å². The van der Waals surface area contributed by atoms with Crippen molar-refractivity contribution >= 4 is 23.9 Å². The Kier molecular flexibility index (Phi) is 6.86. The average molecular weight is 426 g/mol. The summed E-state index contributed by atoms with van der Waals surface area (Å²) in [6, 6.07) is 14.1. The number of hydrogen-bond acceptors (Lipinski definition) is 6. The van der Waals surface area contributed by atoms with E-state index in [-0.39, 0.29) is 19.3 Å². The molecule has 0 aromatic heterocycles. The maximum atomic E-state index is 12.2. The third-order valence-electron chi connectivity index (χ3n) is 4.87. The molecule has 2 amide bonds. The molecular formula is C22H22N2O7. The van der Waals surface area contributed by atoms with Gasteiger partial charge in [0.15, 0.2) is 6.73 Å². The molecule has 0 saturated heterocycles. The van der Waals surface area contributed by atoms with Crippen LogP contribution in [0.2, 0.25) is 0 Å². The molecule has 1 aliphatic rings. The number of ether oxygens (including phenoxy) is 2. The first-order chi connectivity index (χ1) is 14.9. The number of carboxylic acids is 1. The largest absolute Gasteiger partial charge is 0.480 e. The molecule has 0 spiro atoms. The summed E-state index contributed by atoms with van der Waals surface area (Å²) in [5, 5.41) is 13.7. The molecule has 0 radical (unpaired) electrons. The van der Waals surface area contributed by atoms with Crippen molar-refractivity contribution in [2.75, 3.05) is 13.3 Å². The third-order valence-corrected chi connectivity index (χ3v) is 4.87. The van der Waals surface area contributed by atoms with Gasteiger partial charge >= 0.3 is 18.0 Å². The summed E-state index contributed by atoms with van der Waals surface area (Å²) in [5.41, 5.74) is 4.19. The van der Waals surface area contributed by atoms with Crippen LogP contribution in [0.5, 0.6) is 0 Å². The zero-order valence-electron chi connectivity index (χ0n) is 16.8. The molecule has 2 aromatic carbocycles. The average Bonchev–Trinajstić information content (AvgIpc) is 3.05.